The van der Waals surface area contributed by atoms with Gasteiger partial charge in [-0.25, -0.2) is 0 Å². The summed E-state index contributed by atoms with van der Waals surface area (Å²) in [6.45, 7) is 3.24. The molecule has 0 spiro atoms. The first-order valence-corrected chi connectivity index (χ1v) is 8.30. The lowest BCUT2D eigenvalue weighted by atomic mass is 9.90. The Morgan fingerprint density at radius 1 is 1.00 bits per heavy atom. The molecule has 0 amide bonds. The molecular weight excluding hydrogens is 294 g/mol. The van der Waals surface area contributed by atoms with Crippen molar-refractivity contribution in [1.82, 2.24) is 0 Å². The molecular formula is C19H21ClNO+. The van der Waals surface area contributed by atoms with E-state index in [0.29, 0.717) is 5.02 Å². The SMILES string of the molecule is O=C(c1ccc(Cl)cc1)[C@H](C[NH+]1CCCC1)c1ccccc1. The number of hydrogen-bond acceptors (Lipinski definition) is 1. The summed E-state index contributed by atoms with van der Waals surface area (Å²) in [6.07, 6.45) is 2.54. The summed E-state index contributed by atoms with van der Waals surface area (Å²) in [5.74, 6) is 0.123. The van der Waals surface area contributed by atoms with E-state index >= 15 is 0 Å². The van der Waals surface area contributed by atoms with E-state index in [1.165, 1.54) is 30.8 Å². The summed E-state index contributed by atoms with van der Waals surface area (Å²) in [6, 6.07) is 17.4. The second-order valence-electron chi connectivity index (χ2n) is 6.00. The normalized spacial score (nSPS) is 16.6. The van der Waals surface area contributed by atoms with Crippen LogP contribution in [0.15, 0.2) is 54.6 Å². The third kappa shape index (κ3) is 3.57. The highest BCUT2D eigenvalue weighted by Crippen LogP contribution is 2.21. The van der Waals surface area contributed by atoms with Crippen LogP contribution in [0, 0.1) is 0 Å². The predicted octanol–water partition coefficient (Wildman–Crippen LogP) is 2.99. The molecule has 0 unspecified atom stereocenters. The van der Waals surface area contributed by atoms with E-state index in [1.54, 1.807) is 12.1 Å². The molecule has 0 aromatic heterocycles. The number of benzene rings is 2. The largest absolute Gasteiger partial charge is 0.334 e. The highest BCUT2D eigenvalue weighted by molar-refractivity contribution is 6.30. The van der Waals surface area contributed by atoms with Gasteiger partial charge in [-0.05, 0) is 29.8 Å². The molecule has 2 aromatic carbocycles. The Morgan fingerprint density at radius 3 is 2.27 bits per heavy atom. The molecule has 2 nitrogen and oxygen atoms in total. The first kappa shape index (κ1) is 15.3. The minimum atomic E-state index is -0.0736. The third-order valence-electron chi connectivity index (χ3n) is 4.45. The molecule has 22 heavy (non-hydrogen) atoms. The Morgan fingerprint density at radius 2 is 1.64 bits per heavy atom. The first-order chi connectivity index (χ1) is 10.7. The Hall–Kier alpha value is -1.64. The molecule has 0 radical (unpaired) electrons. The zero-order valence-electron chi connectivity index (χ0n) is 12.6. The van der Waals surface area contributed by atoms with E-state index < -0.39 is 0 Å². The van der Waals surface area contributed by atoms with Crippen LogP contribution in [0.4, 0.5) is 0 Å². The zero-order valence-corrected chi connectivity index (χ0v) is 13.4. The Balaban J connectivity index is 1.86. The highest BCUT2D eigenvalue weighted by atomic mass is 35.5. The number of likely N-dealkylation sites (tertiary alicyclic amines) is 1. The quantitative estimate of drug-likeness (QED) is 0.842. The molecule has 2 aromatic rings. The van der Waals surface area contributed by atoms with Gasteiger partial charge in [-0.1, -0.05) is 41.9 Å². The van der Waals surface area contributed by atoms with E-state index in [9.17, 15) is 4.79 Å². The van der Waals surface area contributed by atoms with Crippen LogP contribution in [-0.2, 0) is 0 Å². The second-order valence-corrected chi connectivity index (χ2v) is 6.43. The number of Topliss-reactive ketones (excluding diaryl/α,β-unsaturated/α-hetero) is 1. The number of hydrogen-bond donors (Lipinski definition) is 1. The van der Waals surface area contributed by atoms with Crippen molar-refractivity contribution in [1.29, 1.82) is 0 Å². The van der Waals surface area contributed by atoms with Crippen LogP contribution in [-0.4, -0.2) is 25.4 Å². The zero-order chi connectivity index (χ0) is 15.4. The molecule has 0 saturated carbocycles. The van der Waals surface area contributed by atoms with Gasteiger partial charge in [0.2, 0.25) is 0 Å². The highest BCUT2D eigenvalue weighted by Gasteiger charge is 2.28. The Labute approximate surface area is 136 Å². The smallest absolute Gasteiger partial charge is 0.175 e. The standard InChI is InChI=1S/C19H20ClNO/c20-17-10-8-16(9-11-17)19(22)18(14-21-12-4-5-13-21)15-6-2-1-3-7-15/h1-3,6-11,18H,4-5,12-14H2/p+1/t18-/m1/s1. The van der Waals surface area contributed by atoms with Gasteiger partial charge in [0.05, 0.1) is 25.6 Å². The third-order valence-corrected chi connectivity index (χ3v) is 4.70. The topological polar surface area (TPSA) is 21.5 Å². The second kappa shape index (κ2) is 7.08. The van der Waals surface area contributed by atoms with Crippen LogP contribution >= 0.6 is 11.6 Å². The molecule has 1 aliphatic heterocycles. The minimum absolute atomic E-state index is 0.0736. The lowest BCUT2D eigenvalue weighted by molar-refractivity contribution is -0.887. The van der Waals surface area contributed by atoms with E-state index in [1.807, 2.05) is 30.3 Å². The number of halogens is 1. The molecule has 1 aliphatic rings. The van der Waals surface area contributed by atoms with Crippen LogP contribution in [0.5, 0.6) is 0 Å². The van der Waals surface area contributed by atoms with Crippen LogP contribution in [0.3, 0.4) is 0 Å². The number of rotatable bonds is 5. The number of ketones is 1. The lowest BCUT2D eigenvalue weighted by Gasteiger charge is -2.21. The van der Waals surface area contributed by atoms with E-state index in [-0.39, 0.29) is 11.7 Å². The van der Waals surface area contributed by atoms with Crippen molar-refractivity contribution >= 4 is 17.4 Å². The molecule has 1 N–H and O–H groups in total. The number of nitrogens with one attached hydrogen (secondary N) is 1. The van der Waals surface area contributed by atoms with Gasteiger partial charge in [0.15, 0.2) is 5.78 Å². The van der Waals surface area contributed by atoms with Gasteiger partial charge in [0.25, 0.3) is 0 Å². The summed E-state index contributed by atoms with van der Waals surface area (Å²) < 4.78 is 0. The number of carbonyl (C=O) groups is 1. The Kier molecular flexibility index (Phi) is 4.91. The molecule has 1 heterocycles. The van der Waals surface area contributed by atoms with E-state index in [0.717, 1.165) is 17.7 Å². The number of quaternary nitrogens is 1. The summed E-state index contributed by atoms with van der Waals surface area (Å²) in [4.78, 5) is 14.5. The molecule has 0 aliphatic carbocycles. The number of carbonyl (C=O) groups excluding carboxylic acids is 1. The molecule has 0 bridgehead atoms. The summed E-state index contributed by atoms with van der Waals surface area (Å²) in [5.41, 5.74) is 1.86. The average Bonchev–Trinajstić information content (AvgIpc) is 3.07. The average molecular weight is 315 g/mol. The molecule has 114 valence electrons. The van der Waals surface area contributed by atoms with Crippen molar-refractivity contribution in [3.63, 3.8) is 0 Å². The van der Waals surface area contributed by atoms with Crippen molar-refractivity contribution in [2.75, 3.05) is 19.6 Å². The van der Waals surface area contributed by atoms with Gasteiger partial charge in [0.1, 0.15) is 0 Å². The van der Waals surface area contributed by atoms with Crippen molar-refractivity contribution in [2.24, 2.45) is 0 Å². The van der Waals surface area contributed by atoms with Crippen molar-refractivity contribution in [2.45, 2.75) is 18.8 Å². The predicted molar refractivity (Wildman–Crippen MR) is 89.8 cm³/mol. The molecule has 1 saturated heterocycles. The maximum atomic E-state index is 13.0. The first-order valence-electron chi connectivity index (χ1n) is 7.92. The van der Waals surface area contributed by atoms with Gasteiger partial charge < -0.3 is 4.90 Å². The molecule has 1 fully saturated rings. The maximum Gasteiger partial charge on any atom is 0.175 e. The minimum Gasteiger partial charge on any atom is -0.334 e. The molecule has 1 atom stereocenters. The summed E-state index contributed by atoms with van der Waals surface area (Å²) in [7, 11) is 0. The fraction of sp³-hybridized carbons (Fsp3) is 0.316. The van der Waals surface area contributed by atoms with Crippen LogP contribution in [0.25, 0.3) is 0 Å². The van der Waals surface area contributed by atoms with Crippen molar-refractivity contribution in [3.05, 3.63) is 70.7 Å². The maximum absolute atomic E-state index is 13.0. The lowest BCUT2D eigenvalue weighted by Crippen LogP contribution is -3.10. The monoisotopic (exact) mass is 314 g/mol. The molecule has 3 heteroatoms. The van der Waals surface area contributed by atoms with Gasteiger partial charge in [-0.3, -0.25) is 4.79 Å². The van der Waals surface area contributed by atoms with Crippen LogP contribution < -0.4 is 4.90 Å². The van der Waals surface area contributed by atoms with Gasteiger partial charge >= 0.3 is 0 Å². The molecule has 3 rings (SSSR count). The van der Waals surface area contributed by atoms with Crippen LogP contribution in [0.1, 0.15) is 34.7 Å². The van der Waals surface area contributed by atoms with Gasteiger partial charge in [-0.15, -0.1) is 0 Å². The summed E-state index contributed by atoms with van der Waals surface area (Å²) in [5, 5.41) is 0.665. The van der Waals surface area contributed by atoms with Crippen molar-refractivity contribution in [3.8, 4) is 0 Å². The van der Waals surface area contributed by atoms with Gasteiger partial charge in [0, 0.05) is 23.4 Å². The fourth-order valence-electron chi connectivity index (χ4n) is 3.23. The fourth-order valence-corrected chi connectivity index (χ4v) is 3.36. The van der Waals surface area contributed by atoms with Crippen molar-refractivity contribution < 1.29 is 9.69 Å². The van der Waals surface area contributed by atoms with E-state index in [4.69, 9.17) is 11.6 Å². The van der Waals surface area contributed by atoms with Crippen LogP contribution in [0.2, 0.25) is 5.02 Å². The Bertz CT molecular complexity index is 618. The van der Waals surface area contributed by atoms with Gasteiger partial charge in [-0.2, -0.15) is 0 Å². The van der Waals surface area contributed by atoms with E-state index in [2.05, 4.69) is 12.1 Å². The summed E-state index contributed by atoms with van der Waals surface area (Å²) >= 11 is 5.94.